The summed E-state index contributed by atoms with van der Waals surface area (Å²) in [5.41, 5.74) is 7.23. The maximum absolute atomic E-state index is 11.7. The maximum Gasteiger partial charge on any atom is 0.241 e. The third-order valence-corrected chi connectivity index (χ3v) is 2.51. The molecule has 1 aromatic rings. The number of hydrogen-bond donors (Lipinski definition) is 2. The zero-order chi connectivity index (χ0) is 12.0. The maximum atomic E-state index is 11.7. The van der Waals surface area contributed by atoms with E-state index in [0.29, 0.717) is 5.69 Å². The quantitative estimate of drug-likeness (QED) is 0.742. The molecule has 0 unspecified atom stereocenters. The van der Waals surface area contributed by atoms with Gasteiger partial charge >= 0.3 is 0 Å². The lowest BCUT2D eigenvalue weighted by Crippen LogP contribution is -2.35. The van der Waals surface area contributed by atoms with Crippen LogP contribution in [-0.4, -0.2) is 30.4 Å². The Morgan fingerprint density at radius 1 is 1.31 bits per heavy atom. The number of rotatable bonds is 5. The molecule has 4 nitrogen and oxygen atoms in total. The minimum Gasteiger partial charge on any atom is -0.397 e. The zero-order valence-corrected chi connectivity index (χ0v) is 9.86. The van der Waals surface area contributed by atoms with Crippen LogP contribution in [0.15, 0.2) is 24.3 Å². The molecule has 4 heteroatoms. The minimum absolute atomic E-state index is 0.0910. The van der Waals surface area contributed by atoms with E-state index >= 15 is 0 Å². The van der Waals surface area contributed by atoms with Crippen molar-refractivity contribution in [3.05, 3.63) is 24.3 Å². The first-order chi connectivity index (χ1) is 7.69. The topological polar surface area (TPSA) is 58.4 Å². The van der Waals surface area contributed by atoms with Gasteiger partial charge in [0.2, 0.25) is 5.91 Å². The number of para-hydroxylation sites is 2. The molecule has 0 heterocycles. The molecule has 0 aliphatic rings. The van der Waals surface area contributed by atoms with Gasteiger partial charge in [-0.1, -0.05) is 12.1 Å². The van der Waals surface area contributed by atoms with Gasteiger partial charge in [-0.05, 0) is 26.0 Å². The number of nitrogens with two attached hydrogens (primary N) is 1. The average Bonchev–Trinajstić information content (AvgIpc) is 2.29. The van der Waals surface area contributed by atoms with Crippen LogP contribution >= 0.6 is 0 Å². The second-order valence-corrected chi connectivity index (χ2v) is 3.51. The molecule has 3 N–H and O–H groups in total. The summed E-state index contributed by atoms with van der Waals surface area (Å²) in [6, 6.07) is 7.43. The van der Waals surface area contributed by atoms with E-state index in [1.165, 1.54) is 0 Å². The first-order valence-corrected chi connectivity index (χ1v) is 5.55. The number of nitrogens with zero attached hydrogens (tertiary/aromatic N) is 1. The molecule has 1 rings (SSSR count). The summed E-state index contributed by atoms with van der Waals surface area (Å²) in [5.74, 6) is 0.0910. The molecule has 0 spiro atoms. The molecule has 0 radical (unpaired) electrons. The number of amides is 1. The first kappa shape index (κ1) is 12.4. The summed E-state index contributed by atoms with van der Waals surface area (Å²) in [6.07, 6.45) is 0. The fraction of sp³-hybridized carbons (Fsp3) is 0.417. The van der Waals surface area contributed by atoms with Crippen LogP contribution in [-0.2, 0) is 4.79 Å². The van der Waals surface area contributed by atoms with Crippen LogP contribution in [0.4, 0.5) is 11.4 Å². The average molecular weight is 221 g/mol. The van der Waals surface area contributed by atoms with Gasteiger partial charge in [0.15, 0.2) is 0 Å². The zero-order valence-electron chi connectivity index (χ0n) is 9.86. The monoisotopic (exact) mass is 221 g/mol. The van der Waals surface area contributed by atoms with Gasteiger partial charge in [0, 0.05) is 13.1 Å². The van der Waals surface area contributed by atoms with Crippen LogP contribution in [0.25, 0.3) is 0 Å². The molecule has 16 heavy (non-hydrogen) atoms. The van der Waals surface area contributed by atoms with Crippen molar-refractivity contribution in [2.24, 2.45) is 0 Å². The lowest BCUT2D eigenvalue weighted by molar-refractivity contribution is -0.128. The number of carbonyl (C=O) groups is 1. The predicted molar refractivity (Wildman–Crippen MR) is 67.3 cm³/mol. The summed E-state index contributed by atoms with van der Waals surface area (Å²) in [7, 11) is 0. The van der Waals surface area contributed by atoms with E-state index in [-0.39, 0.29) is 12.5 Å². The minimum atomic E-state index is 0.0910. The molecular formula is C12H19N3O. The Hall–Kier alpha value is -1.71. The van der Waals surface area contributed by atoms with Crippen LogP contribution in [0.1, 0.15) is 13.8 Å². The molecule has 0 saturated carbocycles. The van der Waals surface area contributed by atoms with Crippen molar-refractivity contribution in [1.29, 1.82) is 0 Å². The highest BCUT2D eigenvalue weighted by Gasteiger charge is 2.08. The second kappa shape index (κ2) is 6.00. The van der Waals surface area contributed by atoms with Crippen molar-refractivity contribution in [3.8, 4) is 0 Å². The summed E-state index contributed by atoms with van der Waals surface area (Å²) < 4.78 is 0. The Labute approximate surface area is 96.4 Å². The van der Waals surface area contributed by atoms with Crippen LogP contribution in [0.3, 0.4) is 0 Å². The SMILES string of the molecule is CCN(CC)C(=O)CNc1ccccc1N. The molecule has 0 atom stereocenters. The van der Waals surface area contributed by atoms with Crippen LogP contribution in [0.5, 0.6) is 0 Å². The highest BCUT2D eigenvalue weighted by atomic mass is 16.2. The molecule has 88 valence electrons. The van der Waals surface area contributed by atoms with Gasteiger partial charge in [-0.3, -0.25) is 4.79 Å². The highest BCUT2D eigenvalue weighted by Crippen LogP contribution is 2.16. The standard InChI is InChI=1S/C12H19N3O/c1-3-15(4-2)12(16)9-14-11-8-6-5-7-10(11)13/h5-8,14H,3-4,9,13H2,1-2H3. The molecule has 0 aliphatic carbocycles. The van der Waals surface area contributed by atoms with E-state index in [0.717, 1.165) is 18.8 Å². The number of nitrogens with one attached hydrogen (secondary N) is 1. The van der Waals surface area contributed by atoms with Gasteiger partial charge in [-0.2, -0.15) is 0 Å². The van der Waals surface area contributed by atoms with Gasteiger partial charge in [0.25, 0.3) is 0 Å². The van der Waals surface area contributed by atoms with Crippen LogP contribution in [0.2, 0.25) is 0 Å². The largest absolute Gasteiger partial charge is 0.397 e. The number of hydrogen-bond acceptors (Lipinski definition) is 3. The Bertz CT molecular complexity index is 348. The van der Waals surface area contributed by atoms with E-state index in [2.05, 4.69) is 5.32 Å². The normalized spacial score (nSPS) is 9.88. The van der Waals surface area contributed by atoms with Crippen molar-refractivity contribution in [2.75, 3.05) is 30.7 Å². The molecule has 1 aromatic carbocycles. The third-order valence-electron chi connectivity index (χ3n) is 2.51. The Morgan fingerprint density at radius 2 is 1.94 bits per heavy atom. The van der Waals surface area contributed by atoms with Crippen molar-refractivity contribution >= 4 is 17.3 Å². The lowest BCUT2D eigenvalue weighted by atomic mass is 10.2. The fourth-order valence-electron chi connectivity index (χ4n) is 1.52. The molecule has 0 aliphatic heterocycles. The van der Waals surface area contributed by atoms with Gasteiger partial charge in [0.05, 0.1) is 17.9 Å². The summed E-state index contributed by atoms with van der Waals surface area (Å²) >= 11 is 0. The van der Waals surface area contributed by atoms with E-state index in [4.69, 9.17) is 5.73 Å². The van der Waals surface area contributed by atoms with Crippen molar-refractivity contribution in [2.45, 2.75) is 13.8 Å². The number of nitrogen functional groups attached to an aromatic ring is 1. The number of benzene rings is 1. The van der Waals surface area contributed by atoms with Crippen LogP contribution in [0, 0.1) is 0 Å². The van der Waals surface area contributed by atoms with Gasteiger partial charge in [-0.15, -0.1) is 0 Å². The van der Waals surface area contributed by atoms with E-state index in [1.54, 1.807) is 4.90 Å². The van der Waals surface area contributed by atoms with Crippen molar-refractivity contribution in [1.82, 2.24) is 4.90 Å². The van der Waals surface area contributed by atoms with Gasteiger partial charge in [-0.25, -0.2) is 0 Å². The summed E-state index contributed by atoms with van der Waals surface area (Å²) in [5, 5.41) is 3.05. The molecule has 0 bridgehead atoms. The predicted octanol–water partition coefficient (Wildman–Crippen LogP) is 1.55. The van der Waals surface area contributed by atoms with Gasteiger partial charge < -0.3 is 16.0 Å². The Morgan fingerprint density at radius 3 is 2.50 bits per heavy atom. The molecule has 1 amide bonds. The molecule has 0 fully saturated rings. The number of anilines is 2. The fourth-order valence-corrected chi connectivity index (χ4v) is 1.52. The third kappa shape index (κ3) is 3.15. The van der Waals surface area contributed by atoms with Crippen molar-refractivity contribution in [3.63, 3.8) is 0 Å². The smallest absolute Gasteiger partial charge is 0.241 e. The second-order valence-electron chi connectivity index (χ2n) is 3.51. The van der Waals surface area contributed by atoms with E-state index in [9.17, 15) is 4.79 Å². The Balaban J connectivity index is 2.52. The summed E-state index contributed by atoms with van der Waals surface area (Å²) in [6.45, 7) is 5.70. The molecule has 0 aromatic heterocycles. The van der Waals surface area contributed by atoms with Crippen LogP contribution < -0.4 is 11.1 Å². The van der Waals surface area contributed by atoms with Crippen molar-refractivity contribution < 1.29 is 4.79 Å². The van der Waals surface area contributed by atoms with E-state index in [1.807, 2.05) is 38.1 Å². The molecule has 0 saturated heterocycles. The van der Waals surface area contributed by atoms with E-state index < -0.39 is 0 Å². The van der Waals surface area contributed by atoms with Gasteiger partial charge in [0.1, 0.15) is 0 Å². The first-order valence-electron chi connectivity index (χ1n) is 5.55. The Kier molecular flexibility index (Phi) is 4.64. The number of likely N-dealkylation sites (N-methyl/N-ethyl adjacent to an activating group) is 1. The molecular weight excluding hydrogens is 202 g/mol. The summed E-state index contributed by atoms with van der Waals surface area (Å²) in [4.78, 5) is 13.5. The highest BCUT2D eigenvalue weighted by molar-refractivity contribution is 5.82. The number of carbonyl (C=O) groups excluding carboxylic acids is 1. The lowest BCUT2D eigenvalue weighted by Gasteiger charge is -2.19.